The number of furan rings is 1. The van der Waals surface area contributed by atoms with Crippen molar-refractivity contribution >= 4 is 26.3 Å². The summed E-state index contributed by atoms with van der Waals surface area (Å²) in [6, 6.07) is 1.69. The Labute approximate surface area is 217 Å². The molecule has 0 spiro atoms. The molecule has 0 saturated carbocycles. The van der Waals surface area contributed by atoms with E-state index >= 15 is 0 Å². The number of carboxylic acids is 1. The fourth-order valence-electron chi connectivity index (χ4n) is 3.50. The van der Waals surface area contributed by atoms with E-state index in [0.717, 1.165) is 11.1 Å². The standard InChI is InChI=1S/C29H44O6Si/c1-12-23(35-36(10,11)29(6,7)8)15-20(4)16-24-18-25(28(32)33-9)26(34-24)17-22(19(2)3)14-13-21(5)27(30)31/h12,16,18,22-23H,1-2,5,13-15,17H2,3-4,6-11H3,(H,30,31)/b20-16-/t22-,23-/m0/s1. The quantitative estimate of drug-likeness (QED) is 0.119. The van der Waals surface area contributed by atoms with Gasteiger partial charge in [-0.15, -0.1) is 6.58 Å². The molecule has 0 aliphatic carbocycles. The van der Waals surface area contributed by atoms with E-state index < -0.39 is 20.3 Å². The second-order valence-electron chi connectivity index (χ2n) is 11.0. The second kappa shape index (κ2) is 13.1. The van der Waals surface area contributed by atoms with Crippen LogP contribution in [0.4, 0.5) is 0 Å². The molecule has 0 bridgehead atoms. The molecule has 1 rings (SSSR count). The van der Waals surface area contributed by atoms with Crippen molar-refractivity contribution in [2.45, 2.75) is 84.5 Å². The van der Waals surface area contributed by atoms with Crippen LogP contribution in [0.25, 0.3) is 6.08 Å². The van der Waals surface area contributed by atoms with Gasteiger partial charge in [-0.25, -0.2) is 9.59 Å². The molecule has 6 nitrogen and oxygen atoms in total. The van der Waals surface area contributed by atoms with Crippen molar-refractivity contribution in [2.75, 3.05) is 7.11 Å². The van der Waals surface area contributed by atoms with E-state index in [1.807, 2.05) is 26.0 Å². The van der Waals surface area contributed by atoms with Gasteiger partial charge in [0.15, 0.2) is 8.32 Å². The highest BCUT2D eigenvalue weighted by Crippen LogP contribution is 2.38. The average Bonchev–Trinajstić information content (AvgIpc) is 3.15. The lowest BCUT2D eigenvalue weighted by molar-refractivity contribution is -0.132. The predicted octanol–water partition coefficient (Wildman–Crippen LogP) is 7.59. The van der Waals surface area contributed by atoms with Crippen LogP contribution in [-0.2, 0) is 20.4 Å². The molecule has 1 aromatic heterocycles. The van der Waals surface area contributed by atoms with Gasteiger partial charge in [-0.3, -0.25) is 0 Å². The molecular weight excluding hydrogens is 472 g/mol. The number of esters is 1. The van der Waals surface area contributed by atoms with Crippen molar-refractivity contribution in [1.29, 1.82) is 0 Å². The maximum atomic E-state index is 12.5. The molecule has 36 heavy (non-hydrogen) atoms. The Kier molecular flexibility index (Phi) is 11.4. The van der Waals surface area contributed by atoms with Gasteiger partial charge in [-0.2, -0.15) is 0 Å². The molecule has 0 aromatic carbocycles. The summed E-state index contributed by atoms with van der Waals surface area (Å²) in [5.41, 5.74) is 2.41. The van der Waals surface area contributed by atoms with Gasteiger partial charge < -0.3 is 18.7 Å². The van der Waals surface area contributed by atoms with Crippen LogP contribution in [-0.4, -0.2) is 38.6 Å². The van der Waals surface area contributed by atoms with Crippen molar-refractivity contribution in [1.82, 2.24) is 0 Å². The molecule has 1 aromatic rings. The van der Waals surface area contributed by atoms with Crippen molar-refractivity contribution in [3.05, 3.63) is 65.7 Å². The molecule has 7 heteroatoms. The molecule has 0 radical (unpaired) electrons. The van der Waals surface area contributed by atoms with Gasteiger partial charge in [0.25, 0.3) is 0 Å². The Morgan fingerprint density at radius 1 is 1.22 bits per heavy atom. The van der Waals surface area contributed by atoms with Gasteiger partial charge in [0.2, 0.25) is 0 Å². The van der Waals surface area contributed by atoms with E-state index in [9.17, 15) is 9.59 Å². The summed E-state index contributed by atoms with van der Waals surface area (Å²) in [6.07, 6.45) is 5.56. The van der Waals surface area contributed by atoms with Gasteiger partial charge in [0, 0.05) is 12.0 Å². The normalized spacial score (nSPS) is 14.2. The lowest BCUT2D eigenvalue weighted by atomic mass is 9.89. The number of carbonyl (C=O) groups excluding carboxylic acids is 1. The van der Waals surface area contributed by atoms with Crippen molar-refractivity contribution in [2.24, 2.45) is 5.92 Å². The molecule has 1 N–H and O–H groups in total. The van der Waals surface area contributed by atoms with Gasteiger partial charge >= 0.3 is 11.9 Å². The highest BCUT2D eigenvalue weighted by Gasteiger charge is 2.38. The number of methoxy groups -OCH3 is 1. The Morgan fingerprint density at radius 2 is 1.83 bits per heavy atom. The monoisotopic (exact) mass is 516 g/mol. The highest BCUT2D eigenvalue weighted by molar-refractivity contribution is 6.74. The van der Waals surface area contributed by atoms with E-state index in [1.165, 1.54) is 7.11 Å². The minimum atomic E-state index is -1.96. The molecule has 200 valence electrons. The number of aliphatic carboxylic acids is 1. The first kappa shape index (κ1) is 31.4. The topological polar surface area (TPSA) is 86.0 Å². The molecule has 0 unspecified atom stereocenters. The first-order valence-corrected chi connectivity index (χ1v) is 15.2. The number of hydrogen-bond donors (Lipinski definition) is 1. The average molecular weight is 517 g/mol. The van der Waals surface area contributed by atoms with Crippen LogP contribution in [0.5, 0.6) is 0 Å². The minimum Gasteiger partial charge on any atom is -0.478 e. The second-order valence-corrected chi connectivity index (χ2v) is 15.8. The zero-order chi connectivity index (χ0) is 27.8. The summed E-state index contributed by atoms with van der Waals surface area (Å²) >= 11 is 0. The SMILES string of the molecule is C=C[C@@H](C/C(C)=C\c1cc(C(=O)OC)c(C[C@H](CCC(=C)C(=O)O)C(=C)C)o1)O[Si](C)(C)C(C)(C)C. The molecule has 0 aliphatic rings. The van der Waals surface area contributed by atoms with E-state index in [1.54, 1.807) is 6.07 Å². The number of ether oxygens (including phenoxy) is 1. The smallest absolute Gasteiger partial charge is 0.341 e. The Balaban J connectivity index is 3.16. The molecule has 0 saturated heterocycles. The number of hydrogen-bond acceptors (Lipinski definition) is 5. The molecular formula is C29H44O6Si. The Hall–Kier alpha value is -2.64. The van der Waals surface area contributed by atoms with Gasteiger partial charge in [-0.05, 0) is 69.3 Å². The third-order valence-corrected chi connectivity index (χ3v) is 11.4. The maximum absolute atomic E-state index is 12.5. The lowest BCUT2D eigenvalue weighted by Gasteiger charge is -2.38. The molecule has 1 heterocycles. The molecule has 2 atom stereocenters. The zero-order valence-electron chi connectivity index (χ0n) is 23.3. The number of rotatable bonds is 14. The zero-order valence-corrected chi connectivity index (χ0v) is 24.3. The van der Waals surface area contributed by atoms with Gasteiger partial charge in [0.05, 0.1) is 13.2 Å². The first-order valence-electron chi connectivity index (χ1n) is 12.3. The van der Waals surface area contributed by atoms with E-state index in [0.29, 0.717) is 42.8 Å². The summed E-state index contributed by atoms with van der Waals surface area (Å²) in [5.74, 6) is -0.522. The summed E-state index contributed by atoms with van der Waals surface area (Å²) < 4.78 is 17.6. The number of allylic oxidation sites excluding steroid dienone is 1. The van der Waals surface area contributed by atoms with Gasteiger partial charge in [0.1, 0.15) is 17.1 Å². The fourth-order valence-corrected chi connectivity index (χ4v) is 4.79. The maximum Gasteiger partial charge on any atom is 0.341 e. The third-order valence-electron chi connectivity index (χ3n) is 6.89. The van der Waals surface area contributed by atoms with Crippen LogP contribution in [0, 0.1) is 5.92 Å². The molecule has 0 fully saturated rings. The van der Waals surface area contributed by atoms with Crippen LogP contribution in [0.15, 0.2) is 53.0 Å². The predicted molar refractivity (Wildman–Crippen MR) is 149 cm³/mol. The Morgan fingerprint density at radius 3 is 2.31 bits per heavy atom. The molecule has 0 amide bonds. The fraction of sp³-hybridized carbons (Fsp3) is 0.517. The van der Waals surface area contributed by atoms with Crippen LogP contribution in [0.1, 0.15) is 75.8 Å². The van der Waals surface area contributed by atoms with Gasteiger partial charge in [-0.1, -0.05) is 51.2 Å². The van der Waals surface area contributed by atoms with Crippen LogP contribution < -0.4 is 0 Å². The summed E-state index contributed by atoms with van der Waals surface area (Å²) in [6.45, 7) is 26.5. The highest BCUT2D eigenvalue weighted by atomic mass is 28.4. The summed E-state index contributed by atoms with van der Waals surface area (Å²) in [4.78, 5) is 23.6. The van der Waals surface area contributed by atoms with E-state index in [2.05, 4.69) is 53.6 Å². The van der Waals surface area contributed by atoms with Crippen molar-refractivity contribution < 1.29 is 28.3 Å². The summed E-state index contributed by atoms with van der Waals surface area (Å²) in [7, 11) is -0.626. The van der Waals surface area contributed by atoms with E-state index in [-0.39, 0.29) is 22.6 Å². The van der Waals surface area contributed by atoms with Crippen LogP contribution in [0.3, 0.4) is 0 Å². The Bertz CT molecular complexity index is 1010. The molecule has 0 aliphatic heterocycles. The lowest BCUT2D eigenvalue weighted by Crippen LogP contribution is -2.43. The number of carboxylic acid groups (broad SMARTS) is 1. The van der Waals surface area contributed by atoms with E-state index in [4.69, 9.17) is 18.7 Å². The van der Waals surface area contributed by atoms with Crippen molar-refractivity contribution in [3.63, 3.8) is 0 Å². The first-order chi connectivity index (χ1) is 16.5. The third kappa shape index (κ3) is 9.10. The minimum absolute atomic E-state index is 0.0725. The van der Waals surface area contributed by atoms with Crippen molar-refractivity contribution in [3.8, 4) is 0 Å². The summed E-state index contributed by atoms with van der Waals surface area (Å²) in [5, 5.41) is 9.21. The van der Waals surface area contributed by atoms with Crippen LogP contribution in [0.2, 0.25) is 18.1 Å². The largest absolute Gasteiger partial charge is 0.478 e. The van der Waals surface area contributed by atoms with Crippen LogP contribution >= 0.6 is 0 Å². The number of carbonyl (C=O) groups is 2.